The molecule has 0 spiro atoms. The highest BCUT2D eigenvalue weighted by molar-refractivity contribution is 5.88. The lowest BCUT2D eigenvalue weighted by Gasteiger charge is -2.02. The van der Waals surface area contributed by atoms with E-state index in [1.165, 1.54) is 18.5 Å². The fourth-order valence-corrected chi connectivity index (χ4v) is 2.29. The molecular weight excluding hydrogens is 307 g/mol. The average Bonchev–Trinajstić information content (AvgIpc) is 3.03. The smallest absolute Gasteiger partial charge is 0.248 e. The Balaban J connectivity index is 1.51. The third-order valence-corrected chi connectivity index (χ3v) is 3.53. The quantitative estimate of drug-likeness (QED) is 0.758. The molecule has 2 aromatic carbocycles. The first-order valence-electron chi connectivity index (χ1n) is 7.67. The van der Waals surface area contributed by atoms with Crippen molar-refractivity contribution in [2.75, 3.05) is 5.32 Å². The molecule has 0 saturated carbocycles. The maximum atomic E-state index is 12.9. The molecule has 0 atom stereocenters. The predicted octanol–water partition coefficient (Wildman–Crippen LogP) is 3.04. The van der Waals surface area contributed by atoms with Crippen LogP contribution < -0.4 is 5.32 Å². The molecule has 1 amide bonds. The second-order valence-electron chi connectivity index (χ2n) is 5.43. The molecule has 1 aromatic heterocycles. The predicted molar refractivity (Wildman–Crippen MR) is 88.9 cm³/mol. The number of hydrogen-bond donors (Lipinski definition) is 1. The summed E-state index contributed by atoms with van der Waals surface area (Å²) in [5.74, 6) is -0.128. The van der Waals surface area contributed by atoms with Gasteiger partial charge in [0, 0.05) is 6.42 Å². The van der Waals surface area contributed by atoms with E-state index in [1.807, 2.05) is 30.3 Å². The van der Waals surface area contributed by atoms with E-state index in [4.69, 9.17) is 0 Å². The maximum Gasteiger partial charge on any atom is 0.248 e. The van der Waals surface area contributed by atoms with Gasteiger partial charge < -0.3 is 0 Å². The van der Waals surface area contributed by atoms with Gasteiger partial charge in [0.2, 0.25) is 11.9 Å². The van der Waals surface area contributed by atoms with Gasteiger partial charge in [0.15, 0.2) is 0 Å². The minimum atomic E-state index is -0.274. The van der Waals surface area contributed by atoms with Crippen molar-refractivity contribution in [3.63, 3.8) is 0 Å². The average molecular weight is 324 g/mol. The van der Waals surface area contributed by atoms with E-state index in [1.54, 1.807) is 16.8 Å². The second-order valence-corrected chi connectivity index (χ2v) is 5.43. The highest BCUT2D eigenvalue weighted by Gasteiger charge is 2.07. The summed E-state index contributed by atoms with van der Waals surface area (Å²) in [6.45, 7) is 0.465. The van der Waals surface area contributed by atoms with Crippen LogP contribution in [0.1, 0.15) is 17.5 Å². The number of hydrogen-bond acceptors (Lipinski definition) is 3. The van der Waals surface area contributed by atoms with E-state index in [9.17, 15) is 9.18 Å². The van der Waals surface area contributed by atoms with E-state index in [-0.39, 0.29) is 17.7 Å². The number of rotatable bonds is 6. The third kappa shape index (κ3) is 4.49. The number of benzene rings is 2. The fraction of sp³-hybridized carbons (Fsp3) is 0.167. The van der Waals surface area contributed by atoms with Crippen molar-refractivity contribution in [3.05, 3.63) is 77.9 Å². The Bertz CT molecular complexity index is 799. The fourth-order valence-electron chi connectivity index (χ4n) is 2.29. The minimum absolute atomic E-state index is 0.126. The minimum Gasteiger partial charge on any atom is -0.293 e. The zero-order chi connectivity index (χ0) is 16.8. The number of aromatic nitrogens is 3. The van der Waals surface area contributed by atoms with Gasteiger partial charge in [-0.25, -0.2) is 14.1 Å². The summed E-state index contributed by atoms with van der Waals surface area (Å²) in [5, 5.41) is 6.89. The number of amides is 1. The number of aryl methyl sites for hydroxylation is 1. The van der Waals surface area contributed by atoms with Gasteiger partial charge >= 0.3 is 0 Å². The van der Waals surface area contributed by atoms with Crippen molar-refractivity contribution < 1.29 is 9.18 Å². The first-order valence-corrected chi connectivity index (χ1v) is 7.67. The zero-order valence-corrected chi connectivity index (χ0v) is 13.0. The molecule has 0 aliphatic heterocycles. The van der Waals surface area contributed by atoms with Crippen LogP contribution in [0, 0.1) is 5.82 Å². The Hall–Kier alpha value is -3.02. The van der Waals surface area contributed by atoms with Gasteiger partial charge in [-0.1, -0.05) is 42.5 Å². The lowest BCUT2D eigenvalue weighted by Crippen LogP contribution is -2.14. The van der Waals surface area contributed by atoms with Gasteiger partial charge in [-0.2, -0.15) is 0 Å². The molecule has 6 heteroatoms. The van der Waals surface area contributed by atoms with Crippen LogP contribution in [0.3, 0.4) is 0 Å². The molecule has 0 unspecified atom stereocenters. The van der Waals surface area contributed by atoms with E-state index in [0.29, 0.717) is 19.4 Å². The Labute approximate surface area is 139 Å². The molecule has 3 aromatic rings. The summed E-state index contributed by atoms with van der Waals surface area (Å²) in [5.41, 5.74) is 2.02. The van der Waals surface area contributed by atoms with E-state index in [2.05, 4.69) is 15.4 Å². The van der Waals surface area contributed by atoms with Crippen molar-refractivity contribution in [2.24, 2.45) is 0 Å². The summed E-state index contributed by atoms with van der Waals surface area (Å²) in [6.07, 6.45) is 2.58. The van der Waals surface area contributed by atoms with Gasteiger partial charge in [-0.15, -0.1) is 5.10 Å². The van der Waals surface area contributed by atoms with Crippen LogP contribution in [0.15, 0.2) is 60.9 Å². The SMILES string of the molecule is O=C(CCc1ccccc1)Nc1ncn(Cc2ccc(F)cc2)n1. The van der Waals surface area contributed by atoms with Crippen LogP contribution >= 0.6 is 0 Å². The van der Waals surface area contributed by atoms with Crippen LogP contribution in [0.4, 0.5) is 10.3 Å². The number of anilines is 1. The number of carbonyl (C=O) groups is 1. The largest absolute Gasteiger partial charge is 0.293 e. The van der Waals surface area contributed by atoms with Crippen molar-refractivity contribution in [2.45, 2.75) is 19.4 Å². The van der Waals surface area contributed by atoms with Gasteiger partial charge in [0.05, 0.1) is 6.54 Å². The Kier molecular flexibility index (Phi) is 4.96. The first kappa shape index (κ1) is 15.9. The van der Waals surface area contributed by atoms with Crippen LogP contribution in [-0.4, -0.2) is 20.7 Å². The Morgan fingerprint density at radius 1 is 1.04 bits per heavy atom. The van der Waals surface area contributed by atoms with Gasteiger partial charge in [-0.3, -0.25) is 10.1 Å². The van der Waals surface area contributed by atoms with Crippen LogP contribution in [0.25, 0.3) is 0 Å². The van der Waals surface area contributed by atoms with Crippen molar-refractivity contribution in [1.29, 1.82) is 0 Å². The summed E-state index contributed by atoms with van der Waals surface area (Å²) < 4.78 is 14.5. The maximum absolute atomic E-state index is 12.9. The molecule has 122 valence electrons. The molecule has 0 bridgehead atoms. The molecule has 0 radical (unpaired) electrons. The molecule has 1 heterocycles. The topological polar surface area (TPSA) is 59.8 Å². The number of halogens is 1. The highest BCUT2D eigenvalue weighted by atomic mass is 19.1. The molecule has 0 saturated heterocycles. The lowest BCUT2D eigenvalue weighted by molar-refractivity contribution is -0.116. The number of nitrogens with one attached hydrogen (secondary N) is 1. The summed E-state index contributed by atoms with van der Waals surface area (Å²) in [6, 6.07) is 16.0. The summed E-state index contributed by atoms with van der Waals surface area (Å²) >= 11 is 0. The molecule has 1 N–H and O–H groups in total. The van der Waals surface area contributed by atoms with Crippen LogP contribution in [0.2, 0.25) is 0 Å². The third-order valence-electron chi connectivity index (χ3n) is 3.53. The summed E-state index contributed by atoms with van der Waals surface area (Å²) in [7, 11) is 0. The molecule has 0 aliphatic carbocycles. The van der Waals surface area contributed by atoms with Gasteiger partial charge in [-0.05, 0) is 29.7 Å². The van der Waals surface area contributed by atoms with Crippen molar-refractivity contribution in [1.82, 2.24) is 14.8 Å². The molecule has 24 heavy (non-hydrogen) atoms. The standard InChI is InChI=1S/C18H17FN4O/c19-16-9-6-15(7-10-16)12-23-13-20-18(22-23)21-17(24)11-8-14-4-2-1-3-5-14/h1-7,9-10,13H,8,11-12H2,(H,21,22,24). The highest BCUT2D eigenvalue weighted by Crippen LogP contribution is 2.07. The monoisotopic (exact) mass is 324 g/mol. The van der Waals surface area contributed by atoms with Crippen molar-refractivity contribution >= 4 is 11.9 Å². The van der Waals surface area contributed by atoms with Gasteiger partial charge in [0.1, 0.15) is 12.1 Å². The zero-order valence-electron chi connectivity index (χ0n) is 13.0. The van der Waals surface area contributed by atoms with Crippen LogP contribution in [-0.2, 0) is 17.8 Å². The normalized spacial score (nSPS) is 10.5. The first-order chi connectivity index (χ1) is 11.7. The lowest BCUT2D eigenvalue weighted by atomic mass is 10.1. The molecule has 0 fully saturated rings. The molecule has 0 aliphatic rings. The van der Waals surface area contributed by atoms with Crippen LogP contribution in [0.5, 0.6) is 0 Å². The van der Waals surface area contributed by atoms with Gasteiger partial charge in [0.25, 0.3) is 0 Å². The molecule has 3 rings (SSSR count). The molecule has 5 nitrogen and oxygen atoms in total. The molecular formula is C18H17FN4O. The summed E-state index contributed by atoms with van der Waals surface area (Å²) in [4.78, 5) is 16.0. The van der Waals surface area contributed by atoms with E-state index < -0.39 is 0 Å². The number of carbonyl (C=O) groups excluding carboxylic acids is 1. The Morgan fingerprint density at radius 2 is 1.79 bits per heavy atom. The number of nitrogens with zero attached hydrogens (tertiary/aromatic N) is 3. The second kappa shape index (κ2) is 7.50. The van der Waals surface area contributed by atoms with E-state index >= 15 is 0 Å². The van der Waals surface area contributed by atoms with E-state index in [0.717, 1.165) is 11.1 Å². The Morgan fingerprint density at radius 3 is 2.54 bits per heavy atom. The van der Waals surface area contributed by atoms with Crippen molar-refractivity contribution in [3.8, 4) is 0 Å².